The molecular formula is C17H17N3O2. The van der Waals surface area contributed by atoms with Gasteiger partial charge in [-0.1, -0.05) is 5.92 Å². The van der Waals surface area contributed by atoms with Gasteiger partial charge in [0.1, 0.15) is 12.0 Å². The lowest BCUT2D eigenvalue weighted by Crippen LogP contribution is -2.44. The Hall–Kier alpha value is -2.32. The van der Waals surface area contributed by atoms with Crippen molar-refractivity contribution in [1.82, 2.24) is 15.6 Å². The molecule has 1 saturated carbocycles. The lowest BCUT2D eigenvalue weighted by molar-refractivity contribution is 0.0920. The third-order valence-corrected chi connectivity index (χ3v) is 4.63. The number of hydrogen-bond donors (Lipinski definition) is 2. The van der Waals surface area contributed by atoms with Crippen molar-refractivity contribution in [2.45, 2.75) is 31.8 Å². The number of piperidine rings is 1. The maximum Gasteiger partial charge on any atom is 0.270 e. The first-order chi connectivity index (χ1) is 10.7. The molecule has 2 aliphatic rings. The number of rotatable bonds is 2. The van der Waals surface area contributed by atoms with Crippen molar-refractivity contribution in [3.05, 3.63) is 29.8 Å². The van der Waals surface area contributed by atoms with E-state index in [1.165, 1.54) is 0 Å². The highest BCUT2D eigenvalue weighted by molar-refractivity contribution is 5.96. The fraction of sp³-hybridized carbons (Fsp3) is 0.412. The topological polar surface area (TPSA) is 67.2 Å². The number of carbonyl (C=O) groups is 1. The summed E-state index contributed by atoms with van der Waals surface area (Å²) in [6.07, 6.45) is 5.37. The first-order valence-corrected chi connectivity index (χ1v) is 7.59. The Kier molecular flexibility index (Phi) is 3.12. The zero-order valence-corrected chi connectivity index (χ0v) is 12.3. The third-order valence-electron chi connectivity index (χ3n) is 4.63. The SMILES string of the molecule is CC#Cc1coc2cnc(C(=O)NC3CC4CC3CN4)cc12. The Morgan fingerprint density at radius 1 is 1.50 bits per heavy atom. The van der Waals surface area contributed by atoms with Gasteiger partial charge in [-0.15, -0.1) is 5.92 Å². The van der Waals surface area contributed by atoms with Crippen LogP contribution in [0.2, 0.25) is 0 Å². The molecule has 3 unspecified atom stereocenters. The zero-order chi connectivity index (χ0) is 15.1. The second-order valence-electron chi connectivity index (χ2n) is 6.01. The summed E-state index contributed by atoms with van der Waals surface area (Å²) in [6.45, 7) is 2.77. The summed E-state index contributed by atoms with van der Waals surface area (Å²) in [6, 6.07) is 2.58. The molecule has 1 amide bonds. The fourth-order valence-electron chi connectivity index (χ4n) is 3.54. The van der Waals surface area contributed by atoms with Crippen LogP contribution in [-0.4, -0.2) is 29.5 Å². The van der Waals surface area contributed by atoms with Gasteiger partial charge in [-0.05, 0) is 31.7 Å². The lowest BCUT2D eigenvalue weighted by Gasteiger charge is -2.23. The number of nitrogens with one attached hydrogen (secondary N) is 2. The summed E-state index contributed by atoms with van der Waals surface area (Å²) in [4.78, 5) is 16.7. The molecule has 4 rings (SSSR count). The van der Waals surface area contributed by atoms with Crippen LogP contribution >= 0.6 is 0 Å². The molecule has 2 aromatic heterocycles. The highest BCUT2D eigenvalue weighted by atomic mass is 16.3. The Morgan fingerprint density at radius 3 is 3.14 bits per heavy atom. The lowest BCUT2D eigenvalue weighted by atomic mass is 10.0. The van der Waals surface area contributed by atoms with Gasteiger partial charge in [0.2, 0.25) is 0 Å². The molecule has 5 nitrogen and oxygen atoms in total. The molecule has 0 radical (unpaired) electrons. The molecule has 1 aliphatic carbocycles. The van der Waals surface area contributed by atoms with E-state index in [1.54, 1.807) is 25.5 Å². The van der Waals surface area contributed by atoms with Crippen molar-refractivity contribution in [1.29, 1.82) is 0 Å². The Labute approximate surface area is 128 Å². The van der Waals surface area contributed by atoms with Crippen LogP contribution in [-0.2, 0) is 0 Å². The second kappa shape index (κ2) is 5.15. The van der Waals surface area contributed by atoms with Gasteiger partial charge in [0.05, 0.1) is 11.8 Å². The first kappa shape index (κ1) is 13.4. The zero-order valence-electron chi connectivity index (χ0n) is 12.3. The van der Waals surface area contributed by atoms with Crippen molar-refractivity contribution in [3.8, 4) is 11.8 Å². The summed E-state index contributed by atoms with van der Waals surface area (Å²) >= 11 is 0. The highest BCUT2D eigenvalue weighted by Gasteiger charge is 2.40. The number of aromatic nitrogens is 1. The summed E-state index contributed by atoms with van der Waals surface area (Å²) in [5.74, 6) is 6.26. The van der Waals surface area contributed by atoms with Gasteiger partial charge in [-0.2, -0.15) is 0 Å². The molecule has 22 heavy (non-hydrogen) atoms. The van der Waals surface area contributed by atoms with E-state index >= 15 is 0 Å². The average Bonchev–Trinajstić information content (AvgIpc) is 3.23. The third kappa shape index (κ3) is 2.16. The van der Waals surface area contributed by atoms with Gasteiger partial charge in [0, 0.05) is 24.0 Å². The molecular weight excluding hydrogens is 278 g/mol. The van der Waals surface area contributed by atoms with Crippen LogP contribution in [0.5, 0.6) is 0 Å². The van der Waals surface area contributed by atoms with Crippen LogP contribution in [0.3, 0.4) is 0 Å². The smallest absolute Gasteiger partial charge is 0.270 e. The summed E-state index contributed by atoms with van der Waals surface area (Å²) < 4.78 is 5.41. The van der Waals surface area contributed by atoms with Crippen molar-refractivity contribution in [3.63, 3.8) is 0 Å². The highest BCUT2D eigenvalue weighted by Crippen LogP contribution is 2.31. The number of fused-ring (bicyclic) bond motifs is 3. The number of nitrogens with zero attached hydrogens (tertiary/aromatic N) is 1. The number of hydrogen-bond acceptors (Lipinski definition) is 4. The molecule has 3 atom stereocenters. The molecule has 1 aliphatic heterocycles. The largest absolute Gasteiger partial charge is 0.461 e. The van der Waals surface area contributed by atoms with Gasteiger partial charge in [-0.25, -0.2) is 4.98 Å². The number of amides is 1. The predicted molar refractivity (Wildman–Crippen MR) is 82.3 cm³/mol. The average molecular weight is 295 g/mol. The molecule has 2 N–H and O–H groups in total. The second-order valence-corrected chi connectivity index (χ2v) is 6.01. The van der Waals surface area contributed by atoms with Crippen LogP contribution in [0.15, 0.2) is 22.9 Å². The summed E-state index contributed by atoms with van der Waals surface area (Å²) in [5, 5.41) is 7.41. The quantitative estimate of drug-likeness (QED) is 0.827. The minimum atomic E-state index is -0.115. The van der Waals surface area contributed by atoms with Crippen LogP contribution in [0.4, 0.5) is 0 Å². The van der Waals surface area contributed by atoms with Crippen molar-refractivity contribution in [2.24, 2.45) is 5.92 Å². The summed E-state index contributed by atoms with van der Waals surface area (Å²) in [5.41, 5.74) is 1.86. The van der Waals surface area contributed by atoms with E-state index in [1.807, 2.05) is 0 Å². The molecule has 0 spiro atoms. The molecule has 2 bridgehead atoms. The molecule has 2 aromatic rings. The van der Waals surface area contributed by atoms with E-state index in [-0.39, 0.29) is 11.9 Å². The van der Waals surface area contributed by atoms with Gasteiger partial charge in [0.25, 0.3) is 5.91 Å². The van der Waals surface area contributed by atoms with Crippen molar-refractivity contribution in [2.75, 3.05) is 6.54 Å². The Morgan fingerprint density at radius 2 is 2.41 bits per heavy atom. The van der Waals surface area contributed by atoms with Gasteiger partial charge in [-0.3, -0.25) is 4.79 Å². The number of furan rings is 1. The summed E-state index contributed by atoms with van der Waals surface area (Å²) in [7, 11) is 0. The maximum atomic E-state index is 12.5. The fourth-order valence-corrected chi connectivity index (χ4v) is 3.54. The van der Waals surface area contributed by atoms with Crippen LogP contribution in [0.1, 0.15) is 35.8 Å². The van der Waals surface area contributed by atoms with Gasteiger partial charge in [0.15, 0.2) is 5.58 Å². The molecule has 2 fully saturated rings. The van der Waals surface area contributed by atoms with Gasteiger partial charge < -0.3 is 15.1 Å². The molecule has 112 valence electrons. The van der Waals surface area contributed by atoms with Crippen LogP contribution < -0.4 is 10.6 Å². The molecule has 3 heterocycles. The van der Waals surface area contributed by atoms with E-state index < -0.39 is 0 Å². The monoisotopic (exact) mass is 295 g/mol. The van der Waals surface area contributed by atoms with E-state index in [0.29, 0.717) is 23.2 Å². The van der Waals surface area contributed by atoms with E-state index in [9.17, 15) is 4.79 Å². The van der Waals surface area contributed by atoms with Crippen molar-refractivity contribution >= 4 is 16.9 Å². The molecule has 5 heteroatoms. The first-order valence-electron chi connectivity index (χ1n) is 7.59. The van der Waals surface area contributed by atoms with E-state index in [2.05, 4.69) is 27.5 Å². The van der Waals surface area contributed by atoms with Crippen LogP contribution in [0, 0.1) is 17.8 Å². The normalized spacial score (nSPS) is 26.0. The maximum absolute atomic E-state index is 12.5. The minimum absolute atomic E-state index is 0.115. The Bertz CT molecular complexity index is 799. The van der Waals surface area contributed by atoms with Crippen molar-refractivity contribution < 1.29 is 9.21 Å². The number of carbonyl (C=O) groups excluding carboxylic acids is 1. The van der Waals surface area contributed by atoms with E-state index in [0.717, 1.165) is 30.3 Å². The molecule has 1 saturated heterocycles. The predicted octanol–water partition coefficient (Wildman–Crippen LogP) is 1.68. The van der Waals surface area contributed by atoms with E-state index in [4.69, 9.17) is 4.42 Å². The van der Waals surface area contributed by atoms with Crippen LogP contribution in [0.25, 0.3) is 11.0 Å². The standard InChI is InChI=1S/C17H17N3O2/c1-2-3-10-9-22-16-8-19-15(6-13(10)16)17(21)20-14-5-12-4-11(14)7-18-12/h6,8-9,11-12,14,18H,4-5,7H2,1H3,(H,20,21). The molecule has 0 aromatic carbocycles. The number of pyridine rings is 1. The Balaban J connectivity index is 1.58. The van der Waals surface area contributed by atoms with Gasteiger partial charge >= 0.3 is 0 Å². The minimum Gasteiger partial charge on any atom is -0.461 e.